The van der Waals surface area contributed by atoms with E-state index in [-0.39, 0.29) is 5.92 Å². The van der Waals surface area contributed by atoms with Gasteiger partial charge in [0.1, 0.15) is 16.8 Å². The van der Waals surface area contributed by atoms with E-state index >= 15 is 0 Å². The summed E-state index contributed by atoms with van der Waals surface area (Å²) in [6, 6.07) is 16.3. The summed E-state index contributed by atoms with van der Waals surface area (Å²) in [5.74, 6) is -0.355. The van der Waals surface area contributed by atoms with Crippen LogP contribution in [-0.4, -0.2) is 68.5 Å². The number of fused-ring (bicyclic) bond motifs is 1. The molecule has 0 saturated carbocycles. The van der Waals surface area contributed by atoms with Crippen LogP contribution in [0.4, 0.5) is 0 Å². The van der Waals surface area contributed by atoms with Gasteiger partial charge in [-0.15, -0.1) is 11.3 Å². The molecule has 12 heteroatoms. The van der Waals surface area contributed by atoms with Crippen molar-refractivity contribution in [3.63, 3.8) is 0 Å². The number of aliphatic hydroxyl groups excluding tert-OH is 1. The first-order valence-electron chi connectivity index (χ1n) is 17.9. The quantitative estimate of drug-likeness (QED) is 0.115. The number of pyridine rings is 2. The first-order chi connectivity index (χ1) is 25.2. The highest BCUT2D eigenvalue weighted by Gasteiger charge is 2.26. The Morgan fingerprint density at radius 3 is 2.50 bits per heavy atom. The van der Waals surface area contributed by atoms with Crippen LogP contribution in [-0.2, 0) is 24.2 Å². The molecule has 1 unspecified atom stereocenters. The van der Waals surface area contributed by atoms with E-state index in [2.05, 4.69) is 23.2 Å². The maximum atomic E-state index is 11.4. The van der Waals surface area contributed by atoms with Gasteiger partial charge in [-0.05, 0) is 88.2 Å². The minimum absolute atomic E-state index is 0.256. The largest absolute Gasteiger partial charge is 0.481 e. The average molecular weight is 761 g/mol. The molecule has 2 atom stereocenters. The zero-order valence-electron chi connectivity index (χ0n) is 29.4. The number of carboxylic acid groups (broad SMARTS) is 1. The second kappa shape index (κ2) is 16.2. The summed E-state index contributed by atoms with van der Waals surface area (Å²) in [4.78, 5) is 28.3. The third kappa shape index (κ3) is 7.98. The normalized spacial score (nSPS) is 18.3. The molecule has 3 N–H and O–H groups in total. The fraction of sp³-hybridized carbons (Fsp3) is 0.400. The molecular weight excluding hydrogens is 717 g/mol. The molecule has 52 heavy (non-hydrogen) atoms. The van der Waals surface area contributed by atoms with Gasteiger partial charge in [0.05, 0.1) is 45.7 Å². The van der Waals surface area contributed by atoms with Crippen molar-refractivity contribution in [3.05, 3.63) is 92.2 Å². The standard InChI is InChI=1S/C40H43Cl2N5O4S/c1-23-20-31(45-39(51-2)27(23)8-4-7-26-12-13-34(48)44-26)30-11-5-10-29(37(30)42)28-9-3-6-25(36(28)41)21-32-38-33(14-17-43-32)52-35(46-38)22-47-18-15-24(16-19-47)40(49)50/h3,5-6,9-11,14,17,20,24,26,34,44,48H,4,7-8,12-13,15-16,18-19,21-22H2,1-2H3,(H,49,50)/t26-,34?/m1/s1. The van der Waals surface area contributed by atoms with Gasteiger partial charge < -0.3 is 14.9 Å². The second-order valence-corrected chi connectivity index (χ2v) is 15.8. The second-order valence-electron chi connectivity index (χ2n) is 13.9. The number of ether oxygens (including phenoxy) is 1. The Morgan fingerprint density at radius 1 is 1.02 bits per heavy atom. The lowest BCUT2D eigenvalue weighted by Gasteiger charge is -2.29. The number of carbonyl (C=O) groups is 1. The number of halogens is 2. The maximum Gasteiger partial charge on any atom is 0.306 e. The molecule has 2 aromatic carbocycles. The smallest absolute Gasteiger partial charge is 0.306 e. The lowest BCUT2D eigenvalue weighted by Crippen LogP contribution is -2.35. The molecule has 0 radical (unpaired) electrons. The Balaban J connectivity index is 1.10. The van der Waals surface area contributed by atoms with Gasteiger partial charge in [0.15, 0.2) is 0 Å². The molecule has 2 aliphatic heterocycles. The number of piperidine rings is 1. The minimum atomic E-state index is -0.701. The van der Waals surface area contributed by atoms with Crippen molar-refractivity contribution >= 4 is 50.7 Å². The van der Waals surface area contributed by atoms with Crippen molar-refractivity contribution in [3.8, 4) is 28.3 Å². The number of nitrogens with zero attached hydrogens (tertiary/aromatic N) is 4. The van der Waals surface area contributed by atoms with E-state index < -0.39 is 12.2 Å². The zero-order chi connectivity index (χ0) is 36.4. The highest BCUT2D eigenvalue weighted by atomic mass is 35.5. The average Bonchev–Trinajstić information content (AvgIpc) is 3.75. The van der Waals surface area contributed by atoms with Crippen LogP contribution >= 0.6 is 34.5 Å². The summed E-state index contributed by atoms with van der Waals surface area (Å²) < 4.78 is 6.86. The molecule has 0 aliphatic carbocycles. The van der Waals surface area contributed by atoms with Crippen LogP contribution in [0.25, 0.3) is 32.6 Å². The van der Waals surface area contributed by atoms with Crippen LogP contribution in [0.1, 0.15) is 65.9 Å². The van der Waals surface area contributed by atoms with Crippen LogP contribution in [0.3, 0.4) is 0 Å². The van der Waals surface area contributed by atoms with E-state index in [1.54, 1.807) is 18.4 Å². The summed E-state index contributed by atoms with van der Waals surface area (Å²) in [6.07, 6.45) is 7.86. The first-order valence-corrected chi connectivity index (χ1v) is 19.5. The predicted molar refractivity (Wildman–Crippen MR) is 207 cm³/mol. The van der Waals surface area contributed by atoms with Crippen LogP contribution in [0.2, 0.25) is 10.0 Å². The summed E-state index contributed by atoms with van der Waals surface area (Å²) in [5, 5.41) is 24.6. The van der Waals surface area contributed by atoms with Crippen LogP contribution < -0.4 is 10.1 Å². The Bertz CT molecular complexity index is 2080. The molecular formula is C40H43Cl2N5O4S. The fourth-order valence-electron chi connectivity index (χ4n) is 7.55. The topological polar surface area (TPSA) is 121 Å². The van der Waals surface area contributed by atoms with Gasteiger partial charge >= 0.3 is 5.97 Å². The number of methoxy groups -OCH3 is 1. The minimum Gasteiger partial charge on any atom is -0.481 e. The molecule has 3 aromatic heterocycles. The van der Waals surface area contributed by atoms with Gasteiger partial charge in [-0.2, -0.15) is 0 Å². The molecule has 2 saturated heterocycles. The number of likely N-dealkylation sites (tertiary alicyclic amines) is 1. The molecule has 0 bridgehead atoms. The molecule has 2 fully saturated rings. The van der Waals surface area contributed by atoms with Crippen molar-refractivity contribution in [2.24, 2.45) is 5.92 Å². The van der Waals surface area contributed by atoms with Gasteiger partial charge in [0.25, 0.3) is 0 Å². The van der Waals surface area contributed by atoms with Crippen molar-refractivity contribution in [2.45, 2.75) is 77.1 Å². The molecule has 0 amide bonds. The highest BCUT2D eigenvalue weighted by molar-refractivity contribution is 7.18. The summed E-state index contributed by atoms with van der Waals surface area (Å²) in [5.41, 5.74) is 8.01. The molecule has 0 spiro atoms. The molecule has 5 heterocycles. The Labute approximate surface area is 318 Å². The summed E-state index contributed by atoms with van der Waals surface area (Å²) in [6.45, 7) is 4.29. The molecule has 5 aromatic rings. The number of benzene rings is 2. The molecule has 272 valence electrons. The van der Waals surface area contributed by atoms with Gasteiger partial charge in [-0.3, -0.25) is 20.0 Å². The molecule has 7 rings (SSSR count). The van der Waals surface area contributed by atoms with Crippen LogP contribution in [0.15, 0.2) is 54.7 Å². The predicted octanol–water partition coefficient (Wildman–Crippen LogP) is 8.32. The zero-order valence-corrected chi connectivity index (χ0v) is 31.7. The van der Waals surface area contributed by atoms with Gasteiger partial charge in [-0.1, -0.05) is 59.6 Å². The number of hydrogen-bond donors (Lipinski definition) is 3. The van der Waals surface area contributed by atoms with Crippen LogP contribution in [0, 0.1) is 12.8 Å². The lowest BCUT2D eigenvalue weighted by molar-refractivity contribution is -0.143. The van der Waals surface area contributed by atoms with E-state index in [9.17, 15) is 15.0 Å². The van der Waals surface area contributed by atoms with Crippen molar-refractivity contribution in [2.75, 3.05) is 20.2 Å². The summed E-state index contributed by atoms with van der Waals surface area (Å²) in [7, 11) is 1.65. The van der Waals surface area contributed by atoms with Crippen LogP contribution in [0.5, 0.6) is 5.88 Å². The number of carboxylic acids is 1. The SMILES string of the molecule is COc1nc(-c2cccc(-c3cccc(Cc4nccc5sc(CN6CCC(C(=O)O)CC6)nc45)c3Cl)c2Cl)cc(C)c1CCC[C@@H]1CCC(O)N1. The highest BCUT2D eigenvalue weighted by Crippen LogP contribution is 2.41. The number of aliphatic hydroxyl groups is 1. The molecule has 2 aliphatic rings. The van der Waals surface area contributed by atoms with Gasteiger partial charge in [-0.25, -0.2) is 9.97 Å². The monoisotopic (exact) mass is 759 g/mol. The summed E-state index contributed by atoms with van der Waals surface area (Å²) >= 11 is 16.0. The number of thiazole rings is 1. The van der Waals surface area contributed by atoms with Crippen molar-refractivity contribution in [1.29, 1.82) is 0 Å². The van der Waals surface area contributed by atoms with E-state index in [1.165, 1.54) is 0 Å². The Hall–Kier alpha value is -3.64. The van der Waals surface area contributed by atoms with Crippen molar-refractivity contribution in [1.82, 2.24) is 25.2 Å². The maximum absolute atomic E-state index is 11.4. The first kappa shape index (κ1) is 36.7. The number of aryl methyl sites for hydroxylation is 1. The molecule has 9 nitrogen and oxygen atoms in total. The van der Waals surface area contributed by atoms with Gasteiger partial charge in [0.2, 0.25) is 5.88 Å². The third-order valence-corrected chi connectivity index (χ3v) is 12.3. The van der Waals surface area contributed by atoms with E-state index in [1.807, 2.05) is 48.7 Å². The Kier molecular flexibility index (Phi) is 11.4. The number of aromatic nitrogens is 3. The van der Waals surface area contributed by atoms with E-state index in [4.69, 9.17) is 42.9 Å². The number of aliphatic carboxylic acids is 1. The number of rotatable bonds is 12. The number of hydrogen-bond acceptors (Lipinski definition) is 9. The fourth-order valence-corrected chi connectivity index (χ4v) is 9.20. The van der Waals surface area contributed by atoms with Gasteiger partial charge in [0, 0.05) is 40.9 Å². The Morgan fingerprint density at radius 2 is 1.77 bits per heavy atom. The van der Waals surface area contributed by atoms with Crippen molar-refractivity contribution < 1.29 is 19.7 Å². The number of nitrogens with one attached hydrogen (secondary N) is 1. The van der Waals surface area contributed by atoms with E-state index in [0.29, 0.717) is 47.8 Å². The third-order valence-electron chi connectivity index (χ3n) is 10.4. The lowest BCUT2D eigenvalue weighted by atomic mass is 9.96. The van der Waals surface area contributed by atoms with E-state index in [0.717, 1.165) is 105 Å².